The molecule has 124 valence electrons. The quantitative estimate of drug-likeness (QED) is 0.576. The monoisotopic (exact) mass is 311 g/mol. The van der Waals surface area contributed by atoms with E-state index < -0.39 is 0 Å². The zero-order valence-corrected chi connectivity index (χ0v) is 14.5. The minimum atomic E-state index is 0.812. The van der Waals surface area contributed by atoms with Gasteiger partial charge in [-0.25, -0.2) is 0 Å². The van der Waals surface area contributed by atoms with Crippen LogP contribution in [0.4, 0.5) is 5.69 Å². The topological polar surface area (TPSA) is 21.3 Å². The van der Waals surface area contributed by atoms with E-state index in [1.54, 1.807) is 0 Å². The van der Waals surface area contributed by atoms with Crippen LogP contribution in [0.2, 0.25) is 0 Å². The Morgan fingerprint density at radius 1 is 0.957 bits per heavy atom. The number of hydrogen-bond acceptors (Lipinski definition) is 2. The van der Waals surface area contributed by atoms with Gasteiger partial charge in [-0.15, -0.1) is 0 Å². The van der Waals surface area contributed by atoms with E-state index in [0.29, 0.717) is 0 Å². The summed E-state index contributed by atoms with van der Waals surface area (Å²) in [6.45, 7) is 6.15. The van der Waals surface area contributed by atoms with Crippen LogP contribution in [0.15, 0.2) is 48.5 Å². The molecule has 0 spiro atoms. The predicted molar refractivity (Wildman–Crippen MR) is 99.5 cm³/mol. The number of ether oxygens (including phenoxy) is 1. The SMILES string of the molecule is CCCCCCOc1cccc(NCCc2ccccc2C)c1. The van der Waals surface area contributed by atoms with Gasteiger partial charge >= 0.3 is 0 Å². The second-order valence-corrected chi connectivity index (χ2v) is 6.04. The molecule has 1 N–H and O–H groups in total. The molecule has 0 aliphatic carbocycles. The van der Waals surface area contributed by atoms with Crippen LogP contribution >= 0.6 is 0 Å². The van der Waals surface area contributed by atoms with Crippen LogP contribution in [0.25, 0.3) is 0 Å². The van der Waals surface area contributed by atoms with Crippen LogP contribution in [-0.2, 0) is 6.42 Å². The van der Waals surface area contributed by atoms with Crippen LogP contribution in [-0.4, -0.2) is 13.2 Å². The van der Waals surface area contributed by atoms with Gasteiger partial charge in [0.15, 0.2) is 0 Å². The average molecular weight is 311 g/mol. The summed E-state index contributed by atoms with van der Waals surface area (Å²) in [5.41, 5.74) is 3.89. The summed E-state index contributed by atoms with van der Waals surface area (Å²) >= 11 is 0. The first-order valence-electron chi connectivity index (χ1n) is 8.81. The number of hydrogen-bond donors (Lipinski definition) is 1. The lowest BCUT2D eigenvalue weighted by molar-refractivity contribution is 0.305. The van der Waals surface area contributed by atoms with Gasteiger partial charge in [0.25, 0.3) is 0 Å². The van der Waals surface area contributed by atoms with Gasteiger partial charge in [0.1, 0.15) is 5.75 Å². The first-order chi connectivity index (χ1) is 11.3. The fraction of sp³-hybridized carbons (Fsp3) is 0.429. The van der Waals surface area contributed by atoms with Gasteiger partial charge in [0.05, 0.1) is 6.61 Å². The Bertz CT molecular complexity index is 580. The Morgan fingerprint density at radius 3 is 2.65 bits per heavy atom. The molecule has 0 saturated carbocycles. The molecule has 0 amide bonds. The maximum absolute atomic E-state index is 5.84. The maximum Gasteiger partial charge on any atom is 0.121 e. The van der Waals surface area contributed by atoms with Crippen molar-refractivity contribution in [3.63, 3.8) is 0 Å². The summed E-state index contributed by atoms with van der Waals surface area (Å²) in [5.74, 6) is 0.961. The fourth-order valence-corrected chi connectivity index (χ4v) is 2.65. The van der Waals surface area contributed by atoms with E-state index in [1.807, 2.05) is 6.07 Å². The summed E-state index contributed by atoms with van der Waals surface area (Å²) in [7, 11) is 0. The third-order valence-corrected chi connectivity index (χ3v) is 4.09. The molecule has 2 rings (SSSR count). The number of anilines is 1. The Hall–Kier alpha value is -1.96. The number of rotatable bonds is 10. The van der Waals surface area contributed by atoms with Gasteiger partial charge in [-0.05, 0) is 43.0 Å². The minimum Gasteiger partial charge on any atom is -0.494 e. The van der Waals surface area contributed by atoms with Crippen molar-refractivity contribution in [2.75, 3.05) is 18.5 Å². The van der Waals surface area contributed by atoms with Gasteiger partial charge in [0.2, 0.25) is 0 Å². The highest BCUT2D eigenvalue weighted by Gasteiger charge is 1.99. The molecule has 0 unspecified atom stereocenters. The molecule has 2 heteroatoms. The smallest absolute Gasteiger partial charge is 0.121 e. The molecular weight excluding hydrogens is 282 g/mol. The average Bonchev–Trinajstić information content (AvgIpc) is 2.57. The van der Waals surface area contributed by atoms with Gasteiger partial charge in [-0.2, -0.15) is 0 Å². The molecule has 0 bridgehead atoms. The highest BCUT2D eigenvalue weighted by Crippen LogP contribution is 2.18. The Morgan fingerprint density at radius 2 is 1.83 bits per heavy atom. The molecule has 0 aromatic heterocycles. The zero-order chi connectivity index (χ0) is 16.3. The summed E-state index contributed by atoms with van der Waals surface area (Å²) in [6.07, 6.45) is 5.99. The van der Waals surface area contributed by atoms with Crippen molar-refractivity contribution >= 4 is 5.69 Å². The van der Waals surface area contributed by atoms with Crippen molar-refractivity contribution < 1.29 is 4.74 Å². The van der Waals surface area contributed by atoms with Crippen molar-refractivity contribution in [1.29, 1.82) is 0 Å². The Kier molecular flexibility index (Phi) is 7.51. The van der Waals surface area contributed by atoms with Crippen LogP contribution in [0, 0.1) is 6.92 Å². The standard InChI is InChI=1S/C21H29NO/c1-3-4-5-8-16-23-21-13-9-12-20(17-21)22-15-14-19-11-7-6-10-18(19)2/h6-7,9-13,17,22H,3-5,8,14-16H2,1-2H3. The first-order valence-corrected chi connectivity index (χ1v) is 8.81. The number of benzene rings is 2. The fourth-order valence-electron chi connectivity index (χ4n) is 2.65. The highest BCUT2D eigenvalue weighted by molar-refractivity contribution is 5.48. The molecule has 0 aliphatic rings. The normalized spacial score (nSPS) is 10.5. The largest absolute Gasteiger partial charge is 0.494 e. The molecule has 2 aromatic carbocycles. The highest BCUT2D eigenvalue weighted by atomic mass is 16.5. The summed E-state index contributed by atoms with van der Waals surface area (Å²) in [5, 5.41) is 3.49. The first kappa shape index (κ1) is 17.4. The molecule has 2 aromatic rings. The lowest BCUT2D eigenvalue weighted by atomic mass is 10.1. The molecule has 2 nitrogen and oxygen atoms in total. The Labute approximate surface area is 140 Å². The minimum absolute atomic E-state index is 0.812. The number of unbranched alkanes of at least 4 members (excludes halogenated alkanes) is 3. The molecule has 0 aliphatic heterocycles. The molecule has 23 heavy (non-hydrogen) atoms. The van der Waals surface area contributed by atoms with Gasteiger partial charge < -0.3 is 10.1 Å². The maximum atomic E-state index is 5.84. The van der Waals surface area contributed by atoms with E-state index in [1.165, 1.54) is 30.4 Å². The molecule has 0 saturated heterocycles. The molecule has 0 radical (unpaired) electrons. The van der Waals surface area contributed by atoms with E-state index in [-0.39, 0.29) is 0 Å². The van der Waals surface area contributed by atoms with Crippen LogP contribution in [0.5, 0.6) is 5.75 Å². The van der Waals surface area contributed by atoms with Crippen LogP contribution < -0.4 is 10.1 Å². The van der Waals surface area contributed by atoms with Gasteiger partial charge in [-0.1, -0.05) is 56.5 Å². The molecule has 0 heterocycles. The van der Waals surface area contributed by atoms with Gasteiger partial charge in [0, 0.05) is 18.3 Å². The third kappa shape index (κ3) is 6.35. The van der Waals surface area contributed by atoms with Crippen molar-refractivity contribution in [3.05, 3.63) is 59.7 Å². The lowest BCUT2D eigenvalue weighted by Crippen LogP contribution is -2.06. The molecular formula is C21H29NO. The van der Waals surface area contributed by atoms with Crippen LogP contribution in [0.3, 0.4) is 0 Å². The summed E-state index contributed by atoms with van der Waals surface area (Å²) in [4.78, 5) is 0. The molecule has 0 atom stereocenters. The van der Waals surface area contributed by atoms with Crippen molar-refractivity contribution in [1.82, 2.24) is 0 Å². The van der Waals surface area contributed by atoms with E-state index in [2.05, 4.69) is 61.6 Å². The van der Waals surface area contributed by atoms with Crippen molar-refractivity contribution in [2.45, 2.75) is 46.0 Å². The van der Waals surface area contributed by atoms with Crippen LogP contribution in [0.1, 0.15) is 43.7 Å². The molecule has 0 fully saturated rings. The third-order valence-electron chi connectivity index (χ3n) is 4.09. The van der Waals surface area contributed by atoms with E-state index in [9.17, 15) is 0 Å². The number of nitrogens with one attached hydrogen (secondary N) is 1. The van der Waals surface area contributed by atoms with Crippen molar-refractivity contribution in [3.8, 4) is 5.75 Å². The lowest BCUT2D eigenvalue weighted by Gasteiger charge is -2.11. The van der Waals surface area contributed by atoms with E-state index in [0.717, 1.165) is 37.4 Å². The second kappa shape index (κ2) is 9.94. The van der Waals surface area contributed by atoms with Gasteiger partial charge in [-0.3, -0.25) is 0 Å². The summed E-state index contributed by atoms with van der Waals surface area (Å²) in [6, 6.07) is 16.8. The van der Waals surface area contributed by atoms with E-state index in [4.69, 9.17) is 4.74 Å². The van der Waals surface area contributed by atoms with Crippen molar-refractivity contribution in [2.24, 2.45) is 0 Å². The summed E-state index contributed by atoms with van der Waals surface area (Å²) < 4.78 is 5.84. The second-order valence-electron chi connectivity index (χ2n) is 6.04. The predicted octanol–water partition coefficient (Wildman–Crippen LogP) is 5.61. The Balaban J connectivity index is 1.75. The zero-order valence-electron chi connectivity index (χ0n) is 14.5. The number of aryl methyl sites for hydroxylation is 1. The van der Waals surface area contributed by atoms with E-state index >= 15 is 0 Å².